The highest BCUT2D eigenvalue weighted by molar-refractivity contribution is 6.10. The van der Waals surface area contributed by atoms with Gasteiger partial charge in [-0.15, -0.1) is 0 Å². The lowest BCUT2D eigenvalue weighted by Gasteiger charge is -2.18. The minimum absolute atomic E-state index is 0.0452. The quantitative estimate of drug-likeness (QED) is 0.192. The number of hydrogen-bond donors (Lipinski definition) is 6. The molecule has 40 heavy (non-hydrogen) atoms. The number of ether oxygens (including phenoxy) is 1. The van der Waals surface area contributed by atoms with Crippen LogP contribution in [0.25, 0.3) is 11.0 Å². The molecule has 13 nitrogen and oxygen atoms in total. The molecule has 0 unspecified atom stereocenters. The number of benzene rings is 2. The molecule has 5 rings (SSSR count). The van der Waals surface area contributed by atoms with Gasteiger partial charge in [-0.3, -0.25) is 14.4 Å². The van der Waals surface area contributed by atoms with Gasteiger partial charge in [-0.25, -0.2) is 19.2 Å². The summed E-state index contributed by atoms with van der Waals surface area (Å²) in [4.78, 5) is 59.5. The van der Waals surface area contributed by atoms with Crippen molar-refractivity contribution in [1.29, 1.82) is 0 Å². The summed E-state index contributed by atoms with van der Waals surface area (Å²) < 4.78 is 19.3. The Morgan fingerprint density at radius 3 is 2.52 bits per heavy atom. The minimum atomic E-state index is -0.781. The van der Waals surface area contributed by atoms with Gasteiger partial charge in [0.05, 0.1) is 16.8 Å². The second kappa shape index (κ2) is 11.1. The fraction of sp³-hybridized carbons (Fsp3) is 0.154. The third kappa shape index (κ3) is 5.65. The van der Waals surface area contributed by atoms with Crippen molar-refractivity contribution in [3.8, 4) is 5.75 Å². The lowest BCUT2D eigenvalue weighted by atomic mass is 10.1. The molecule has 14 heteroatoms. The van der Waals surface area contributed by atoms with Crippen molar-refractivity contribution in [1.82, 2.24) is 30.9 Å². The molecule has 0 spiro atoms. The van der Waals surface area contributed by atoms with E-state index >= 15 is 0 Å². The van der Waals surface area contributed by atoms with Crippen molar-refractivity contribution in [3.05, 3.63) is 82.7 Å². The first-order valence-corrected chi connectivity index (χ1v) is 12.0. The largest absolute Gasteiger partial charge is 0.482 e. The Labute approximate surface area is 225 Å². The highest BCUT2D eigenvalue weighted by atomic mass is 19.1. The van der Waals surface area contributed by atoms with E-state index < -0.39 is 23.7 Å². The predicted molar refractivity (Wildman–Crippen MR) is 140 cm³/mol. The average Bonchev–Trinajstić information content (AvgIpc) is 3.39. The van der Waals surface area contributed by atoms with Crippen molar-refractivity contribution in [3.63, 3.8) is 0 Å². The summed E-state index contributed by atoms with van der Waals surface area (Å²) in [5, 5.41) is 10.5. The first-order chi connectivity index (χ1) is 19.3. The van der Waals surface area contributed by atoms with Crippen molar-refractivity contribution < 1.29 is 28.3 Å². The van der Waals surface area contributed by atoms with Gasteiger partial charge in [-0.05, 0) is 35.4 Å². The zero-order valence-electron chi connectivity index (χ0n) is 20.8. The number of carbonyl (C=O) groups excluding carboxylic acids is 4. The highest BCUT2D eigenvalue weighted by Gasteiger charge is 2.20. The molecule has 204 valence electrons. The predicted octanol–water partition coefficient (Wildman–Crippen LogP) is 1.46. The van der Waals surface area contributed by atoms with Crippen LogP contribution in [-0.2, 0) is 24.4 Å². The summed E-state index contributed by atoms with van der Waals surface area (Å²) in [6.45, 7) is 0.0765. The van der Waals surface area contributed by atoms with Crippen LogP contribution in [-0.4, -0.2) is 45.3 Å². The van der Waals surface area contributed by atoms with E-state index in [1.54, 1.807) is 18.2 Å². The number of halogens is 1. The van der Waals surface area contributed by atoms with Crippen molar-refractivity contribution in [2.24, 2.45) is 5.73 Å². The summed E-state index contributed by atoms with van der Waals surface area (Å²) in [7, 11) is 0. The van der Waals surface area contributed by atoms with Crippen LogP contribution in [0, 0.1) is 5.82 Å². The van der Waals surface area contributed by atoms with Crippen LogP contribution in [0.2, 0.25) is 0 Å². The zero-order chi connectivity index (χ0) is 28.2. The fourth-order valence-corrected chi connectivity index (χ4v) is 4.12. The van der Waals surface area contributed by atoms with E-state index in [-0.39, 0.29) is 60.0 Å². The number of primary amides is 1. The number of nitrogens with zero attached hydrogens (tertiary/aromatic N) is 2. The molecule has 1 aliphatic rings. The van der Waals surface area contributed by atoms with Gasteiger partial charge in [0.15, 0.2) is 12.3 Å². The molecule has 0 atom stereocenters. The monoisotopic (exact) mass is 546 g/mol. The van der Waals surface area contributed by atoms with Crippen molar-refractivity contribution >= 4 is 40.5 Å². The molecule has 0 fully saturated rings. The lowest BCUT2D eigenvalue weighted by Crippen LogP contribution is -2.29. The second-order valence-electron chi connectivity index (χ2n) is 8.82. The molecule has 2 aromatic carbocycles. The molecule has 3 heterocycles. The van der Waals surface area contributed by atoms with Gasteiger partial charge in [0.25, 0.3) is 17.7 Å². The maximum absolute atomic E-state index is 14.0. The number of amides is 5. The SMILES string of the molecule is NC(=O)NCc1cc(CNC(=O)c2c[nH]c3c(C(=O)NCc4ccc5c(c4)NC(=O)CO5)ncnc23)ccc1F. The molecule has 1 aliphatic heterocycles. The van der Waals surface area contributed by atoms with Gasteiger partial charge in [-0.2, -0.15) is 0 Å². The number of aromatic nitrogens is 3. The molecule has 0 saturated carbocycles. The molecule has 7 N–H and O–H groups in total. The smallest absolute Gasteiger partial charge is 0.312 e. The Morgan fingerprint density at radius 2 is 1.73 bits per heavy atom. The molecule has 4 aromatic rings. The lowest BCUT2D eigenvalue weighted by molar-refractivity contribution is -0.118. The maximum Gasteiger partial charge on any atom is 0.312 e. The molecular weight excluding hydrogens is 523 g/mol. The van der Waals surface area contributed by atoms with E-state index in [9.17, 15) is 23.6 Å². The molecule has 0 bridgehead atoms. The van der Waals surface area contributed by atoms with Gasteiger partial charge in [0.2, 0.25) is 0 Å². The number of anilines is 1. The number of urea groups is 1. The van der Waals surface area contributed by atoms with Crippen LogP contribution in [0.1, 0.15) is 37.5 Å². The Kier molecular flexibility index (Phi) is 7.22. The molecule has 5 amide bonds. The second-order valence-corrected chi connectivity index (χ2v) is 8.82. The number of hydrogen-bond acceptors (Lipinski definition) is 7. The van der Waals surface area contributed by atoms with Crippen LogP contribution in [0.15, 0.2) is 48.9 Å². The van der Waals surface area contributed by atoms with E-state index in [0.29, 0.717) is 17.0 Å². The first kappa shape index (κ1) is 26.1. The summed E-state index contributed by atoms with van der Waals surface area (Å²) >= 11 is 0. The number of nitrogens with two attached hydrogens (primary N) is 1. The topological polar surface area (TPSA) is 193 Å². The maximum atomic E-state index is 14.0. The molecular formula is C26H23FN8O5. The standard InChI is InChI=1S/C26H23FN8O5/c27-17-3-1-13(5-15(17)9-32-26(28)39)7-30-24(37)16-10-29-22-21(16)33-12-34-23(22)25(38)31-8-14-2-4-19-18(6-14)35-20(36)11-40-19/h1-6,10,12,29H,7-9,11H2,(H,30,37)(H,31,38)(H,35,36)(H3,28,32,39). The Bertz CT molecular complexity index is 1650. The van der Waals surface area contributed by atoms with Crippen LogP contribution in [0.4, 0.5) is 14.9 Å². The Morgan fingerprint density at radius 1 is 0.975 bits per heavy atom. The van der Waals surface area contributed by atoms with E-state index in [2.05, 4.69) is 36.2 Å². The first-order valence-electron chi connectivity index (χ1n) is 12.0. The van der Waals surface area contributed by atoms with Crippen molar-refractivity contribution in [2.75, 3.05) is 11.9 Å². The molecule has 2 aromatic heterocycles. The van der Waals surface area contributed by atoms with Gasteiger partial charge in [-0.1, -0.05) is 12.1 Å². The summed E-state index contributed by atoms with van der Waals surface area (Å²) in [5.41, 5.74) is 7.86. The number of nitrogens with one attached hydrogen (secondary N) is 5. The van der Waals surface area contributed by atoms with E-state index in [4.69, 9.17) is 10.5 Å². The van der Waals surface area contributed by atoms with Gasteiger partial charge in [0, 0.05) is 31.4 Å². The van der Waals surface area contributed by atoms with E-state index in [0.717, 1.165) is 5.56 Å². The molecule has 0 radical (unpaired) electrons. The normalized spacial score (nSPS) is 12.2. The number of fused-ring (bicyclic) bond motifs is 2. The minimum Gasteiger partial charge on any atom is -0.482 e. The Balaban J connectivity index is 1.25. The van der Waals surface area contributed by atoms with Crippen LogP contribution < -0.4 is 31.7 Å². The van der Waals surface area contributed by atoms with Crippen LogP contribution in [0.5, 0.6) is 5.75 Å². The number of aromatic amines is 1. The third-order valence-corrected chi connectivity index (χ3v) is 6.07. The number of rotatable bonds is 8. The summed E-state index contributed by atoms with van der Waals surface area (Å²) in [6.07, 6.45) is 2.61. The van der Waals surface area contributed by atoms with Crippen molar-refractivity contribution in [2.45, 2.75) is 19.6 Å². The fourth-order valence-electron chi connectivity index (χ4n) is 4.12. The van der Waals surface area contributed by atoms with E-state index in [1.165, 1.54) is 30.7 Å². The molecule has 0 aliphatic carbocycles. The molecule has 0 saturated heterocycles. The zero-order valence-corrected chi connectivity index (χ0v) is 20.8. The summed E-state index contributed by atoms with van der Waals surface area (Å²) in [6, 6.07) is 8.65. The average molecular weight is 547 g/mol. The third-order valence-electron chi connectivity index (χ3n) is 6.07. The number of carbonyl (C=O) groups is 4. The summed E-state index contributed by atoms with van der Waals surface area (Å²) in [5.74, 6) is -1.21. The van der Waals surface area contributed by atoms with Gasteiger partial charge in [0.1, 0.15) is 23.4 Å². The van der Waals surface area contributed by atoms with Gasteiger partial charge < -0.3 is 36.7 Å². The Hall–Kier alpha value is -5.53. The van der Waals surface area contributed by atoms with Gasteiger partial charge >= 0.3 is 6.03 Å². The van der Waals surface area contributed by atoms with Crippen LogP contribution in [0.3, 0.4) is 0 Å². The number of H-pyrrole nitrogens is 1. The van der Waals surface area contributed by atoms with Crippen LogP contribution >= 0.6 is 0 Å². The highest BCUT2D eigenvalue weighted by Crippen LogP contribution is 2.28. The van der Waals surface area contributed by atoms with E-state index in [1.807, 2.05) is 0 Å².